The van der Waals surface area contributed by atoms with Crippen molar-refractivity contribution in [2.75, 3.05) is 6.54 Å². The van der Waals surface area contributed by atoms with Crippen LogP contribution in [-0.4, -0.2) is 21.3 Å². The molecular formula is C16H26N4S. The molecule has 5 heteroatoms. The van der Waals surface area contributed by atoms with Crippen LogP contribution in [0.15, 0.2) is 11.4 Å². The van der Waals surface area contributed by atoms with Crippen molar-refractivity contribution in [3.63, 3.8) is 0 Å². The summed E-state index contributed by atoms with van der Waals surface area (Å²) in [4.78, 5) is 4.67. The van der Waals surface area contributed by atoms with Crippen molar-refractivity contribution in [2.45, 2.75) is 59.5 Å². The summed E-state index contributed by atoms with van der Waals surface area (Å²) in [5.41, 5.74) is 3.64. The molecule has 0 fully saturated rings. The second-order valence-electron chi connectivity index (χ2n) is 5.30. The number of nitrogens with one attached hydrogen (secondary N) is 1. The summed E-state index contributed by atoms with van der Waals surface area (Å²) in [6, 6.07) is 2.52. The molecule has 116 valence electrons. The molecule has 21 heavy (non-hydrogen) atoms. The molecule has 0 bridgehead atoms. The highest BCUT2D eigenvalue weighted by Crippen LogP contribution is 2.21. The number of nitrogens with zero attached hydrogens (tertiary/aromatic N) is 3. The van der Waals surface area contributed by atoms with Crippen molar-refractivity contribution in [2.24, 2.45) is 0 Å². The molecule has 1 unspecified atom stereocenters. The monoisotopic (exact) mass is 306 g/mol. The topological polar surface area (TPSA) is 42.7 Å². The molecule has 0 aliphatic rings. The van der Waals surface area contributed by atoms with Crippen LogP contribution >= 0.6 is 11.3 Å². The van der Waals surface area contributed by atoms with Crippen molar-refractivity contribution >= 4 is 11.3 Å². The van der Waals surface area contributed by atoms with Crippen LogP contribution in [0, 0.1) is 6.92 Å². The van der Waals surface area contributed by atoms with Gasteiger partial charge in [0.1, 0.15) is 0 Å². The third-order valence-corrected chi connectivity index (χ3v) is 4.42. The third kappa shape index (κ3) is 4.14. The quantitative estimate of drug-likeness (QED) is 0.811. The van der Waals surface area contributed by atoms with Gasteiger partial charge in [-0.3, -0.25) is 4.68 Å². The molecule has 0 aliphatic carbocycles. The second-order valence-corrected chi connectivity index (χ2v) is 6.36. The lowest BCUT2D eigenvalue weighted by atomic mass is 10.1. The van der Waals surface area contributed by atoms with E-state index >= 15 is 0 Å². The predicted octanol–water partition coefficient (Wildman–Crippen LogP) is 3.51. The zero-order chi connectivity index (χ0) is 15.2. The summed E-state index contributed by atoms with van der Waals surface area (Å²) >= 11 is 1.72. The average Bonchev–Trinajstić information content (AvgIpc) is 3.09. The molecule has 2 aromatic rings. The van der Waals surface area contributed by atoms with Gasteiger partial charge in [0.25, 0.3) is 0 Å². The van der Waals surface area contributed by atoms with Crippen LogP contribution in [0.1, 0.15) is 55.3 Å². The molecule has 1 N–H and O–H groups in total. The lowest BCUT2D eigenvalue weighted by Gasteiger charge is -2.17. The molecule has 4 nitrogen and oxygen atoms in total. The van der Waals surface area contributed by atoms with Gasteiger partial charge in [-0.25, -0.2) is 4.98 Å². The maximum absolute atomic E-state index is 4.67. The van der Waals surface area contributed by atoms with E-state index in [-0.39, 0.29) is 6.04 Å². The Labute approximate surface area is 131 Å². The maximum atomic E-state index is 4.67. The Bertz CT molecular complexity index is 558. The fourth-order valence-corrected chi connectivity index (χ4v) is 3.14. The SMILES string of the molecule is CCCNC(Cc1cc(CC)nn1CC)c1csc(C)n1. The van der Waals surface area contributed by atoms with Crippen LogP contribution in [0.2, 0.25) is 0 Å². The molecule has 0 aromatic carbocycles. The molecule has 0 aliphatic heterocycles. The van der Waals surface area contributed by atoms with Crippen LogP contribution in [0.5, 0.6) is 0 Å². The maximum Gasteiger partial charge on any atom is 0.0898 e. The lowest BCUT2D eigenvalue weighted by molar-refractivity contribution is 0.494. The van der Waals surface area contributed by atoms with E-state index in [2.05, 4.69) is 59.2 Å². The number of aromatic nitrogens is 3. The average molecular weight is 306 g/mol. The highest BCUT2D eigenvalue weighted by atomic mass is 32.1. The van der Waals surface area contributed by atoms with E-state index in [9.17, 15) is 0 Å². The van der Waals surface area contributed by atoms with E-state index in [0.717, 1.165) is 43.1 Å². The smallest absolute Gasteiger partial charge is 0.0898 e. The van der Waals surface area contributed by atoms with E-state index in [0.29, 0.717) is 0 Å². The van der Waals surface area contributed by atoms with Crippen molar-refractivity contribution < 1.29 is 0 Å². The van der Waals surface area contributed by atoms with Gasteiger partial charge in [0, 0.05) is 24.0 Å². The van der Waals surface area contributed by atoms with Gasteiger partial charge in [0.15, 0.2) is 0 Å². The van der Waals surface area contributed by atoms with E-state index < -0.39 is 0 Å². The van der Waals surface area contributed by atoms with Crippen LogP contribution < -0.4 is 5.32 Å². The lowest BCUT2D eigenvalue weighted by Crippen LogP contribution is -2.25. The summed E-state index contributed by atoms with van der Waals surface area (Å²) in [7, 11) is 0. The van der Waals surface area contributed by atoms with Crippen LogP contribution in [0.25, 0.3) is 0 Å². The summed E-state index contributed by atoms with van der Waals surface area (Å²) in [6.45, 7) is 10.5. The number of thiazole rings is 1. The van der Waals surface area contributed by atoms with Gasteiger partial charge in [-0.15, -0.1) is 11.3 Å². The number of aryl methyl sites for hydroxylation is 3. The van der Waals surface area contributed by atoms with Gasteiger partial charge in [-0.2, -0.15) is 5.10 Å². The zero-order valence-corrected chi connectivity index (χ0v) is 14.3. The summed E-state index contributed by atoms with van der Waals surface area (Å²) in [5.74, 6) is 0. The molecule has 2 rings (SSSR count). The largest absolute Gasteiger partial charge is 0.308 e. The molecule has 2 aromatic heterocycles. The Morgan fingerprint density at radius 2 is 2.14 bits per heavy atom. The first kappa shape index (κ1) is 16.2. The van der Waals surface area contributed by atoms with Gasteiger partial charge in [-0.1, -0.05) is 13.8 Å². The molecule has 0 saturated heterocycles. The molecule has 2 heterocycles. The van der Waals surface area contributed by atoms with E-state index in [1.54, 1.807) is 11.3 Å². The van der Waals surface area contributed by atoms with Crippen molar-refractivity contribution in [1.29, 1.82) is 0 Å². The molecule has 0 radical (unpaired) electrons. The van der Waals surface area contributed by atoms with Gasteiger partial charge in [0.05, 0.1) is 22.4 Å². The van der Waals surface area contributed by atoms with E-state index in [1.807, 2.05) is 0 Å². The first-order valence-electron chi connectivity index (χ1n) is 7.88. The number of hydrogen-bond donors (Lipinski definition) is 1. The molecule has 0 saturated carbocycles. The first-order valence-corrected chi connectivity index (χ1v) is 8.76. The fraction of sp³-hybridized carbons (Fsp3) is 0.625. The molecular weight excluding hydrogens is 280 g/mol. The Hall–Kier alpha value is -1.20. The van der Waals surface area contributed by atoms with Crippen LogP contribution in [-0.2, 0) is 19.4 Å². The fourth-order valence-electron chi connectivity index (χ4n) is 2.48. The van der Waals surface area contributed by atoms with E-state index in [4.69, 9.17) is 0 Å². The summed E-state index contributed by atoms with van der Waals surface area (Å²) in [5, 5.41) is 11.6. The Kier molecular flexibility index (Phi) is 5.94. The normalized spacial score (nSPS) is 12.8. The molecule has 1 atom stereocenters. The summed E-state index contributed by atoms with van der Waals surface area (Å²) < 4.78 is 2.12. The first-order chi connectivity index (χ1) is 10.2. The Morgan fingerprint density at radius 1 is 1.33 bits per heavy atom. The zero-order valence-electron chi connectivity index (χ0n) is 13.5. The predicted molar refractivity (Wildman–Crippen MR) is 88.9 cm³/mol. The van der Waals surface area contributed by atoms with Crippen molar-refractivity contribution in [3.05, 3.63) is 33.5 Å². The molecule has 0 spiro atoms. The minimum absolute atomic E-state index is 0.279. The van der Waals surface area contributed by atoms with Crippen LogP contribution in [0.3, 0.4) is 0 Å². The highest BCUT2D eigenvalue weighted by Gasteiger charge is 2.17. The molecule has 0 amide bonds. The second kappa shape index (κ2) is 7.71. The van der Waals surface area contributed by atoms with Crippen LogP contribution in [0.4, 0.5) is 0 Å². The van der Waals surface area contributed by atoms with E-state index in [1.165, 1.54) is 11.4 Å². The minimum Gasteiger partial charge on any atom is -0.308 e. The number of hydrogen-bond acceptors (Lipinski definition) is 4. The summed E-state index contributed by atoms with van der Waals surface area (Å²) in [6.07, 6.45) is 3.07. The number of rotatable bonds is 8. The Balaban J connectivity index is 2.19. The third-order valence-electron chi connectivity index (χ3n) is 3.62. The highest BCUT2D eigenvalue weighted by molar-refractivity contribution is 7.09. The van der Waals surface area contributed by atoms with Crippen molar-refractivity contribution in [1.82, 2.24) is 20.1 Å². The Morgan fingerprint density at radius 3 is 2.71 bits per heavy atom. The standard InChI is InChI=1S/C16H26N4S/c1-5-8-17-15(16-11-21-12(4)18-16)10-14-9-13(6-2)19-20(14)7-3/h9,11,15,17H,5-8,10H2,1-4H3. The van der Waals surface area contributed by atoms with Gasteiger partial charge in [-0.05, 0) is 39.3 Å². The minimum atomic E-state index is 0.279. The van der Waals surface area contributed by atoms with Gasteiger partial charge >= 0.3 is 0 Å². The van der Waals surface area contributed by atoms with Gasteiger partial charge in [0.2, 0.25) is 0 Å². The van der Waals surface area contributed by atoms with Crippen molar-refractivity contribution in [3.8, 4) is 0 Å². The van der Waals surface area contributed by atoms with Gasteiger partial charge < -0.3 is 5.32 Å².